The Morgan fingerprint density at radius 2 is 1.83 bits per heavy atom. The molecule has 0 aromatic rings. The Bertz CT molecular complexity index is 508. The van der Waals surface area contributed by atoms with Crippen molar-refractivity contribution < 1.29 is 9.78 Å². The summed E-state index contributed by atoms with van der Waals surface area (Å²) in [5.41, 5.74) is 2.48. The van der Waals surface area contributed by atoms with Gasteiger partial charge in [0.1, 0.15) is 0 Å². The maximum atomic E-state index is 9.26. The fourth-order valence-corrected chi connectivity index (χ4v) is 2.13. The van der Waals surface area contributed by atoms with Gasteiger partial charge < -0.3 is 10.2 Å². The van der Waals surface area contributed by atoms with E-state index in [1.165, 1.54) is 0 Å². The quantitative estimate of drug-likeness (QED) is 0.713. The second kappa shape index (κ2) is 4.95. The van der Waals surface area contributed by atoms with Crippen LogP contribution in [-0.4, -0.2) is 6.61 Å². The zero-order chi connectivity index (χ0) is 13.1. The molecule has 0 atom stereocenters. The van der Waals surface area contributed by atoms with Crippen molar-refractivity contribution in [3.8, 4) is 12.1 Å². The minimum atomic E-state index is -0.457. The molecule has 2 heterocycles. The first-order valence-electron chi connectivity index (χ1n) is 5.67. The van der Waals surface area contributed by atoms with E-state index in [-0.39, 0.29) is 0 Å². The van der Waals surface area contributed by atoms with Gasteiger partial charge in [0.05, 0.1) is 35.8 Å². The lowest BCUT2D eigenvalue weighted by Gasteiger charge is -2.27. The van der Waals surface area contributed by atoms with Crippen LogP contribution in [-0.2, 0) is 9.78 Å². The highest BCUT2D eigenvalue weighted by molar-refractivity contribution is 5.50. The minimum Gasteiger partial charge on any atom is -0.361 e. The van der Waals surface area contributed by atoms with Crippen LogP contribution in [0.2, 0.25) is 0 Å². The van der Waals surface area contributed by atoms with Crippen LogP contribution in [0, 0.1) is 28.6 Å². The van der Waals surface area contributed by atoms with Crippen LogP contribution in [0.4, 0.5) is 0 Å². The van der Waals surface area contributed by atoms with Gasteiger partial charge in [-0.2, -0.15) is 15.4 Å². The normalized spacial score (nSPS) is 20.6. The highest BCUT2D eigenvalue weighted by atomic mass is 17.2. The third-order valence-corrected chi connectivity index (χ3v) is 2.99. The Labute approximate surface area is 106 Å². The molecule has 2 rings (SSSR count). The Kier molecular flexibility index (Phi) is 3.36. The molecule has 0 aromatic heterocycles. The summed E-state index contributed by atoms with van der Waals surface area (Å²) >= 11 is 0. The van der Waals surface area contributed by atoms with Crippen LogP contribution in [0.25, 0.3) is 0 Å². The van der Waals surface area contributed by atoms with E-state index in [0.29, 0.717) is 23.5 Å². The van der Waals surface area contributed by atoms with Crippen molar-refractivity contribution in [2.75, 3.05) is 6.61 Å². The van der Waals surface area contributed by atoms with E-state index in [2.05, 4.69) is 17.5 Å². The number of rotatable bonds is 1. The fourth-order valence-electron chi connectivity index (χ4n) is 2.13. The van der Waals surface area contributed by atoms with Gasteiger partial charge in [-0.25, -0.2) is 0 Å². The second-order valence-electron chi connectivity index (χ2n) is 4.16. The van der Waals surface area contributed by atoms with E-state index >= 15 is 0 Å². The predicted molar refractivity (Wildman–Crippen MR) is 63.0 cm³/mol. The largest absolute Gasteiger partial charge is 0.361 e. The molecule has 18 heavy (non-hydrogen) atoms. The van der Waals surface area contributed by atoms with Crippen LogP contribution >= 0.6 is 0 Å². The van der Waals surface area contributed by atoms with Gasteiger partial charge in [-0.15, -0.1) is 0 Å². The van der Waals surface area contributed by atoms with E-state index in [4.69, 9.17) is 9.78 Å². The molecular formula is C13H13N3O2. The lowest BCUT2D eigenvalue weighted by atomic mass is 9.85. The third-order valence-electron chi connectivity index (χ3n) is 2.99. The summed E-state index contributed by atoms with van der Waals surface area (Å²) in [4.78, 5) is 10.1. The highest BCUT2D eigenvalue weighted by Crippen LogP contribution is 2.35. The van der Waals surface area contributed by atoms with Gasteiger partial charge in [0.25, 0.3) is 0 Å². The lowest BCUT2D eigenvalue weighted by Crippen LogP contribution is -2.27. The first-order valence-corrected chi connectivity index (χ1v) is 5.67. The molecule has 0 unspecified atom stereocenters. The molecule has 0 aromatic carbocycles. The number of dihydropyridines is 1. The van der Waals surface area contributed by atoms with Gasteiger partial charge in [0.15, 0.2) is 5.76 Å². The molecule has 0 fully saturated rings. The fraction of sp³-hybridized carbons (Fsp3) is 0.385. The zero-order valence-electron chi connectivity index (χ0n) is 10.3. The van der Waals surface area contributed by atoms with Gasteiger partial charge in [0, 0.05) is 11.4 Å². The molecule has 5 heteroatoms. The maximum absolute atomic E-state index is 9.26. The number of hydrogen-bond donors (Lipinski definition) is 1. The molecule has 2 aliphatic heterocycles. The number of allylic oxidation sites excluding steroid dienone is 3. The first kappa shape index (κ1) is 12.2. The Hall–Kier alpha value is -2.24. The molecule has 1 N–H and O–H groups in total. The van der Waals surface area contributed by atoms with Gasteiger partial charge in [0.2, 0.25) is 0 Å². The summed E-state index contributed by atoms with van der Waals surface area (Å²) in [6, 6.07) is 4.28. The van der Waals surface area contributed by atoms with Crippen molar-refractivity contribution in [2.24, 2.45) is 5.92 Å². The molecule has 0 bridgehead atoms. The molecule has 0 amide bonds. The topological polar surface area (TPSA) is 78.1 Å². The summed E-state index contributed by atoms with van der Waals surface area (Å²) < 4.78 is 0. The van der Waals surface area contributed by atoms with Crippen LogP contribution in [0.3, 0.4) is 0 Å². The maximum Gasteiger partial charge on any atom is 0.152 e. The number of nitrogens with zero attached hydrogens (tertiary/aromatic N) is 2. The van der Waals surface area contributed by atoms with Crippen molar-refractivity contribution in [1.82, 2.24) is 5.32 Å². The summed E-state index contributed by atoms with van der Waals surface area (Å²) in [5, 5.41) is 21.6. The van der Waals surface area contributed by atoms with E-state index < -0.39 is 5.92 Å². The predicted octanol–water partition coefficient (Wildman–Crippen LogP) is 2.04. The number of hydrogen-bond acceptors (Lipinski definition) is 5. The average molecular weight is 243 g/mol. The van der Waals surface area contributed by atoms with Gasteiger partial charge in [-0.05, 0) is 26.3 Å². The molecule has 5 nitrogen and oxygen atoms in total. The summed E-state index contributed by atoms with van der Waals surface area (Å²) in [7, 11) is 0. The molecule has 0 saturated heterocycles. The van der Waals surface area contributed by atoms with Crippen LogP contribution < -0.4 is 5.32 Å². The second-order valence-corrected chi connectivity index (χ2v) is 4.16. The standard InChI is InChI=1S/C13H13N3O2/c1-8-10(6-14)13(11(7-15)9(2)16-8)12-4-3-5-17-18-12/h4,13,16H,3,5H2,1-2H3. The molecule has 92 valence electrons. The first-order chi connectivity index (χ1) is 8.69. The summed E-state index contributed by atoms with van der Waals surface area (Å²) in [6.45, 7) is 4.12. The van der Waals surface area contributed by atoms with Crippen molar-refractivity contribution in [2.45, 2.75) is 20.3 Å². The van der Waals surface area contributed by atoms with E-state index in [9.17, 15) is 10.5 Å². The summed E-state index contributed by atoms with van der Waals surface area (Å²) in [5.74, 6) is 0.0658. The van der Waals surface area contributed by atoms with Crippen molar-refractivity contribution in [3.05, 3.63) is 34.4 Å². The van der Waals surface area contributed by atoms with Crippen LogP contribution in [0.5, 0.6) is 0 Å². The molecule has 0 spiro atoms. The Morgan fingerprint density at radius 1 is 1.22 bits per heavy atom. The number of nitrogens with one attached hydrogen (secondary N) is 1. The summed E-state index contributed by atoms with van der Waals surface area (Å²) in [6.07, 6.45) is 2.59. The van der Waals surface area contributed by atoms with Crippen molar-refractivity contribution >= 4 is 0 Å². The molecule has 0 saturated carbocycles. The Balaban J connectivity index is 2.50. The van der Waals surface area contributed by atoms with E-state index in [1.807, 2.05) is 19.9 Å². The van der Waals surface area contributed by atoms with Crippen molar-refractivity contribution in [3.63, 3.8) is 0 Å². The zero-order valence-corrected chi connectivity index (χ0v) is 10.3. The van der Waals surface area contributed by atoms with Gasteiger partial charge in [-0.1, -0.05) is 0 Å². The van der Waals surface area contributed by atoms with Crippen LogP contribution in [0.15, 0.2) is 34.4 Å². The molecule has 2 aliphatic rings. The van der Waals surface area contributed by atoms with Crippen molar-refractivity contribution in [1.29, 1.82) is 10.5 Å². The van der Waals surface area contributed by atoms with Crippen LogP contribution in [0.1, 0.15) is 20.3 Å². The van der Waals surface area contributed by atoms with Gasteiger partial charge >= 0.3 is 0 Å². The molecular weight excluding hydrogens is 230 g/mol. The third kappa shape index (κ3) is 1.97. The lowest BCUT2D eigenvalue weighted by molar-refractivity contribution is -0.272. The monoisotopic (exact) mass is 243 g/mol. The van der Waals surface area contributed by atoms with E-state index in [0.717, 1.165) is 17.8 Å². The average Bonchev–Trinajstić information content (AvgIpc) is 2.39. The molecule has 0 radical (unpaired) electrons. The highest BCUT2D eigenvalue weighted by Gasteiger charge is 2.33. The SMILES string of the molecule is CC1=C(C#N)C(C2=CCCOO2)C(C#N)=C(C)N1. The molecule has 0 aliphatic carbocycles. The van der Waals surface area contributed by atoms with Gasteiger partial charge in [-0.3, -0.25) is 0 Å². The minimum absolute atomic E-state index is 0.457. The van der Waals surface area contributed by atoms with E-state index in [1.54, 1.807) is 0 Å². The smallest absolute Gasteiger partial charge is 0.152 e. The number of nitriles is 2. The Morgan fingerprint density at radius 3 is 2.28 bits per heavy atom.